The van der Waals surface area contributed by atoms with Crippen LogP contribution in [0.15, 0.2) is 34.1 Å². The summed E-state index contributed by atoms with van der Waals surface area (Å²) in [5.74, 6) is 0. The fourth-order valence-electron chi connectivity index (χ4n) is 2.43. The van der Waals surface area contributed by atoms with Crippen molar-refractivity contribution < 1.29 is 21.6 Å². The van der Waals surface area contributed by atoms with Crippen LogP contribution >= 0.6 is 0 Å². The monoisotopic (exact) mass is 334 g/mol. The van der Waals surface area contributed by atoms with Gasteiger partial charge < -0.3 is 4.74 Å². The van der Waals surface area contributed by atoms with Crippen molar-refractivity contribution in [3.63, 3.8) is 0 Å². The van der Waals surface area contributed by atoms with Crippen molar-refractivity contribution >= 4 is 20.0 Å². The normalized spacial score (nSPS) is 23.6. The third-order valence-electron chi connectivity index (χ3n) is 3.62. The fourth-order valence-corrected chi connectivity index (χ4v) is 5.23. The first-order chi connectivity index (χ1) is 9.65. The summed E-state index contributed by atoms with van der Waals surface area (Å²) in [7, 11) is -6.68. The molecule has 2 unspecified atom stereocenters. The molecule has 1 heterocycles. The van der Waals surface area contributed by atoms with E-state index in [2.05, 4.69) is 0 Å². The molecule has 2 rings (SSSR count). The number of likely N-dealkylation sites (N-methyl/N-ethyl adjacent to an activating group) is 1. The van der Waals surface area contributed by atoms with Gasteiger partial charge in [0.1, 0.15) is 9.79 Å². The van der Waals surface area contributed by atoms with E-state index in [1.807, 2.05) is 0 Å². The number of sulfonamides is 2. The first-order valence-corrected chi connectivity index (χ1v) is 9.36. The lowest BCUT2D eigenvalue weighted by molar-refractivity contribution is 0.102. The quantitative estimate of drug-likeness (QED) is 0.842. The number of hydrogen-bond donors (Lipinski definition) is 1. The molecule has 2 N–H and O–H groups in total. The van der Waals surface area contributed by atoms with Crippen LogP contribution < -0.4 is 5.14 Å². The average molecular weight is 334 g/mol. The van der Waals surface area contributed by atoms with E-state index in [4.69, 9.17) is 9.88 Å². The number of nitrogens with zero attached hydrogens (tertiary/aromatic N) is 1. The number of ether oxygens (including phenoxy) is 1. The Morgan fingerprint density at radius 2 is 1.76 bits per heavy atom. The van der Waals surface area contributed by atoms with Crippen LogP contribution in [-0.2, 0) is 24.8 Å². The molecule has 0 aliphatic carbocycles. The highest BCUT2D eigenvalue weighted by atomic mass is 32.2. The molecule has 1 aliphatic heterocycles. The molecular weight excluding hydrogens is 316 g/mol. The van der Waals surface area contributed by atoms with Gasteiger partial charge in [-0.2, -0.15) is 4.31 Å². The van der Waals surface area contributed by atoms with Gasteiger partial charge in [0.05, 0.1) is 12.1 Å². The van der Waals surface area contributed by atoms with Crippen LogP contribution in [0.5, 0.6) is 0 Å². The maximum atomic E-state index is 12.7. The van der Waals surface area contributed by atoms with Gasteiger partial charge in [0.15, 0.2) is 0 Å². The standard InChI is InChI=1S/C12H18N2O5S2/c1-9-10(7-8-19-9)14(2)21(17,18)12-6-4-3-5-11(12)20(13,15)16/h3-6,9-10H,7-8H2,1-2H3,(H2,13,15,16). The summed E-state index contributed by atoms with van der Waals surface area (Å²) < 4.78 is 55.1. The molecule has 0 aromatic heterocycles. The number of rotatable bonds is 4. The Balaban J connectivity index is 2.50. The zero-order valence-corrected chi connectivity index (χ0v) is 13.4. The third kappa shape index (κ3) is 3.11. The average Bonchev–Trinajstić information content (AvgIpc) is 2.83. The van der Waals surface area contributed by atoms with Gasteiger partial charge in [-0.1, -0.05) is 12.1 Å². The molecule has 118 valence electrons. The van der Waals surface area contributed by atoms with E-state index in [1.54, 1.807) is 6.92 Å². The molecule has 21 heavy (non-hydrogen) atoms. The van der Waals surface area contributed by atoms with Crippen LogP contribution in [0.25, 0.3) is 0 Å². The summed E-state index contributed by atoms with van der Waals surface area (Å²) in [4.78, 5) is -0.711. The predicted octanol–water partition coefficient (Wildman–Crippen LogP) is 0.132. The van der Waals surface area contributed by atoms with Crippen molar-refractivity contribution in [2.75, 3.05) is 13.7 Å². The smallest absolute Gasteiger partial charge is 0.244 e. The van der Waals surface area contributed by atoms with Gasteiger partial charge in [0, 0.05) is 13.7 Å². The molecule has 1 fully saturated rings. The number of primary sulfonamides is 1. The molecule has 0 amide bonds. The van der Waals surface area contributed by atoms with Gasteiger partial charge in [-0.15, -0.1) is 0 Å². The molecule has 1 aromatic rings. The number of benzene rings is 1. The minimum atomic E-state index is -4.12. The molecule has 2 atom stereocenters. The maximum absolute atomic E-state index is 12.7. The minimum absolute atomic E-state index is 0.244. The Labute approximate surface area is 124 Å². The third-order valence-corrected chi connectivity index (χ3v) is 6.66. The summed E-state index contributed by atoms with van der Waals surface area (Å²) in [6.45, 7) is 2.26. The molecule has 0 saturated carbocycles. The molecular formula is C12H18N2O5S2. The van der Waals surface area contributed by atoms with Gasteiger partial charge >= 0.3 is 0 Å². The van der Waals surface area contributed by atoms with Gasteiger partial charge in [-0.05, 0) is 25.5 Å². The Hall–Kier alpha value is -1.00. The van der Waals surface area contributed by atoms with E-state index in [1.165, 1.54) is 31.3 Å². The van der Waals surface area contributed by atoms with Crippen LogP contribution in [0, 0.1) is 0 Å². The van der Waals surface area contributed by atoms with Gasteiger partial charge in [-0.25, -0.2) is 22.0 Å². The SMILES string of the molecule is CC1OCCC1N(C)S(=O)(=O)c1ccccc1S(N)(=O)=O. The lowest BCUT2D eigenvalue weighted by atomic mass is 10.2. The Kier molecular flexibility index (Phi) is 4.41. The topological polar surface area (TPSA) is 107 Å². The lowest BCUT2D eigenvalue weighted by Gasteiger charge is -2.26. The maximum Gasteiger partial charge on any atom is 0.244 e. The van der Waals surface area contributed by atoms with Crippen LogP contribution in [0.3, 0.4) is 0 Å². The molecule has 0 radical (unpaired) electrons. The van der Waals surface area contributed by atoms with E-state index in [-0.39, 0.29) is 17.0 Å². The highest BCUT2D eigenvalue weighted by Gasteiger charge is 2.37. The molecule has 1 saturated heterocycles. The van der Waals surface area contributed by atoms with Crippen molar-refractivity contribution in [1.29, 1.82) is 0 Å². The van der Waals surface area contributed by atoms with Crippen molar-refractivity contribution in [1.82, 2.24) is 4.31 Å². The minimum Gasteiger partial charge on any atom is -0.377 e. The van der Waals surface area contributed by atoms with Crippen molar-refractivity contribution in [3.8, 4) is 0 Å². The number of nitrogens with two attached hydrogens (primary N) is 1. The zero-order chi connectivity index (χ0) is 15.8. The molecule has 1 aromatic carbocycles. The van der Waals surface area contributed by atoms with Crippen LogP contribution in [0.2, 0.25) is 0 Å². The summed E-state index contributed by atoms with van der Waals surface area (Å²) in [6.07, 6.45) is 0.320. The summed E-state index contributed by atoms with van der Waals surface area (Å²) in [5, 5.41) is 5.10. The summed E-state index contributed by atoms with van der Waals surface area (Å²) >= 11 is 0. The molecule has 0 spiro atoms. The summed E-state index contributed by atoms with van der Waals surface area (Å²) in [5.41, 5.74) is 0. The van der Waals surface area contributed by atoms with Crippen molar-refractivity contribution in [3.05, 3.63) is 24.3 Å². The Morgan fingerprint density at radius 3 is 2.24 bits per heavy atom. The fraction of sp³-hybridized carbons (Fsp3) is 0.500. The van der Waals surface area contributed by atoms with E-state index in [9.17, 15) is 16.8 Å². The van der Waals surface area contributed by atoms with Crippen LogP contribution in [0.4, 0.5) is 0 Å². The van der Waals surface area contributed by atoms with Gasteiger partial charge in [-0.3, -0.25) is 0 Å². The highest BCUT2D eigenvalue weighted by molar-refractivity contribution is 7.92. The number of hydrogen-bond acceptors (Lipinski definition) is 5. The second kappa shape index (κ2) is 5.65. The zero-order valence-electron chi connectivity index (χ0n) is 11.8. The van der Waals surface area contributed by atoms with Gasteiger partial charge in [0.25, 0.3) is 0 Å². The largest absolute Gasteiger partial charge is 0.377 e. The van der Waals surface area contributed by atoms with Gasteiger partial charge in [0.2, 0.25) is 20.0 Å². The molecule has 1 aliphatic rings. The molecule has 9 heteroatoms. The first-order valence-electron chi connectivity index (χ1n) is 6.37. The second-order valence-electron chi connectivity index (χ2n) is 4.94. The van der Waals surface area contributed by atoms with E-state index in [0.717, 1.165) is 4.31 Å². The molecule has 0 bridgehead atoms. The predicted molar refractivity (Wildman–Crippen MR) is 76.6 cm³/mol. The van der Waals surface area contributed by atoms with Crippen LogP contribution in [0.1, 0.15) is 13.3 Å². The highest BCUT2D eigenvalue weighted by Crippen LogP contribution is 2.27. The molecule has 7 nitrogen and oxygen atoms in total. The van der Waals surface area contributed by atoms with E-state index in [0.29, 0.717) is 13.0 Å². The van der Waals surface area contributed by atoms with E-state index >= 15 is 0 Å². The van der Waals surface area contributed by atoms with Crippen LogP contribution in [-0.4, -0.2) is 46.9 Å². The van der Waals surface area contributed by atoms with E-state index < -0.39 is 24.9 Å². The Morgan fingerprint density at radius 1 is 1.19 bits per heavy atom. The van der Waals surface area contributed by atoms with Crippen molar-refractivity contribution in [2.24, 2.45) is 5.14 Å². The first kappa shape index (κ1) is 16.4. The summed E-state index contributed by atoms with van der Waals surface area (Å²) in [6, 6.07) is 4.99. The van der Waals surface area contributed by atoms with Crippen molar-refractivity contribution in [2.45, 2.75) is 35.3 Å². The second-order valence-corrected chi connectivity index (χ2v) is 8.44. The Bertz CT molecular complexity index is 730. The lowest BCUT2D eigenvalue weighted by Crippen LogP contribution is -2.41.